The van der Waals surface area contributed by atoms with Crippen molar-refractivity contribution >= 4 is 49.3 Å². The molecule has 27 heavy (non-hydrogen) atoms. The number of para-hydroxylation sites is 1. The van der Waals surface area contributed by atoms with Gasteiger partial charge in [0, 0.05) is 31.6 Å². The van der Waals surface area contributed by atoms with E-state index in [-0.39, 0.29) is 0 Å². The van der Waals surface area contributed by atoms with Crippen LogP contribution in [0.3, 0.4) is 0 Å². The molecule has 0 bridgehead atoms. The van der Waals surface area contributed by atoms with E-state index >= 15 is 0 Å². The fraction of sp³-hybridized carbons (Fsp3) is 0.300. The van der Waals surface area contributed by atoms with Crippen molar-refractivity contribution in [3.8, 4) is 0 Å². The molecule has 1 aliphatic heterocycles. The Morgan fingerprint density at radius 2 is 1.56 bits per heavy atom. The van der Waals surface area contributed by atoms with Crippen LogP contribution >= 0.6 is 22.6 Å². The van der Waals surface area contributed by atoms with Crippen LogP contribution in [0, 0.1) is 10.5 Å². The summed E-state index contributed by atoms with van der Waals surface area (Å²) < 4.78 is 29.8. The molecule has 0 amide bonds. The predicted molar refractivity (Wildman–Crippen MR) is 118 cm³/mol. The Balaban J connectivity index is 1.96. The molecule has 3 aromatic rings. The molecule has 0 unspecified atom stereocenters. The molecule has 4 rings (SSSR count). The van der Waals surface area contributed by atoms with E-state index in [1.165, 1.54) is 0 Å². The number of fused-ring (bicyclic) bond motifs is 1. The van der Waals surface area contributed by atoms with E-state index in [4.69, 9.17) is 0 Å². The predicted octanol–water partition coefficient (Wildman–Crippen LogP) is 3.54. The number of nitrogens with zero attached hydrogens (tertiary/aromatic N) is 3. The summed E-state index contributed by atoms with van der Waals surface area (Å²) in [6.07, 6.45) is 0. The summed E-state index contributed by atoms with van der Waals surface area (Å²) in [7, 11) is -1.60. The maximum atomic E-state index is 13.6. The van der Waals surface area contributed by atoms with Crippen molar-refractivity contribution in [2.45, 2.75) is 11.8 Å². The molecule has 142 valence electrons. The third-order valence-electron chi connectivity index (χ3n) is 5.11. The van der Waals surface area contributed by atoms with Crippen LogP contribution in [-0.4, -0.2) is 50.5 Å². The number of anilines is 1. The smallest absolute Gasteiger partial charge is 0.269 e. The standard InChI is InChI=1S/C20H22IN3O2S/c1-15-7-9-16(10-8-15)27(25,26)24-18-6-4-3-5-17(18)19(21)20(24)23-13-11-22(2)12-14-23/h3-10H,11-14H2,1-2H3. The first-order valence-electron chi connectivity index (χ1n) is 8.94. The zero-order chi connectivity index (χ0) is 19.2. The molecule has 0 aliphatic carbocycles. The maximum Gasteiger partial charge on any atom is 0.269 e. The molecule has 1 aliphatic rings. The van der Waals surface area contributed by atoms with Crippen molar-refractivity contribution in [1.82, 2.24) is 8.87 Å². The third kappa shape index (κ3) is 3.25. The van der Waals surface area contributed by atoms with Crippen LogP contribution in [0.2, 0.25) is 0 Å². The van der Waals surface area contributed by atoms with E-state index in [0.29, 0.717) is 4.90 Å². The molecule has 0 N–H and O–H groups in total. The highest BCUT2D eigenvalue weighted by Gasteiger charge is 2.30. The number of aryl methyl sites for hydroxylation is 1. The zero-order valence-corrected chi connectivity index (χ0v) is 18.4. The second-order valence-corrected chi connectivity index (χ2v) is 9.89. The topological polar surface area (TPSA) is 45.6 Å². The lowest BCUT2D eigenvalue weighted by molar-refractivity contribution is 0.312. The Bertz CT molecular complexity index is 1080. The summed E-state index contributed by atoms with van der Waals surface area (Å²) in [5.74, 6) is 0.783. The van der Waals surface area contributed by atoms with Gasteiger partial charge in [0.15, 0.2) is 0 Å². The van der Waals surface area contributed by atoms with Crippen molar-refractivity contribution in [2.75, 3.05) is 38.1 Å². The van der Waals surface area contributed by atoms with E-state index in [1.807, 2.05) is 43.3 Å². The number of hydrogen-bond acceptors (Lipinski definition) is 4. The van der Waals surface area contributed by atoms with Gasteiger partial charge in [0.05, 0.1) is 14.0 Å². The lowest BCUT2D eigenvalue weighted by Gasteiger charge is -2.34. The fourth-order valence-electron chi connectivity index (χ4n) is 3.50. The first-order chi connectivity index (χ1) is 12.9. The molecule has 0 saturated carbocycles. The third-order valence-corrected chi connectivity index (χ3v) is 7.89. The Kier molecular flexibility index (Phi) is 4.94. The van der Waals surface area contributed by atoms with Gasteiger partial charge >= 0.3 is 0 Å². The lowest BCUT2D eigenvalue weighted by atomic mass is 10.2. The van der Waals surface area contributed by atoms with Crippen molar-refractivity contribution in [1.29, 1.82) is 0 Å². The van der Waals surface area contributed by atoms with Crippen molar-refractivity contribution in [3.05, 3.63) is 57.7 Å². The average Bonchev–Trinajstić information content (AvgIpc) is 2.96. The van der Waals surface area contributed by atoms with Crippen LogP contribution in [0.4, 0.5) is 5.82 Å². The Morgan fingerprint density at radius 1 is 0.926 bits per heavy atom. The van der Waals surface area contributed by atoms with Crippen LogP contribution in [0.15, 0.2) is 53.4 Å². The molecule has 0 radical (unpaired) electrons. The molecule has 2 heterocycles. The minimum atomic E-state index is -3.70. The lowest BCUT2D eigenvalue weighted by Crippen LogP contribution is -2.45. The van der Waals surface area contributed by atoms with Gasteiger partial charge in [-0.15, -0.1) is 0 Å². The molecule has 1 fully saturated rings. The monoisotopic (exact) mass is 495 g/mol. The van der Waals surface area contributed by atoms with E-state index in [0.717, 1.165) is 52.0 Å². The van der Waals surface area contributed by atoms with Crippen molar-refractivity contribution in [3.63, 3.8) is 0 Å². The number of piperazine rings is 1. The van der Waals surface area contributed by atoms with Crippen molar-refractivity contribution < 1.29 is 8.42 Å². The molecule has 1 aromatic heterocycles. The van der Waals surface area contributed by atoms with Crippen LogP contribution in [-0.2, 0) is 10.0 Å². The summed E-state index contributed by atoms with van der Waals surface area (Å²) in [5.41, 5.74) is 1.77. The first-order valence-corrected chi connectivity index (χ1v) is 11.5. The molecule has 2 aromatic carbocycles. The molecule has 0 atom stereocenters. The second kappa shape index (κ2) is 7.10. The molecule has 0 spiro atoms. The largest absolute Gasteiger partial charge is 0.354 e. The second-order valence-electron chi connectivity index (χ2n) is 7.03. The zero-order valence-electron chi connectivity index (χ0n) is 15.4. The van der Waals surface area contributed by atoms with Gasteiger partial charge in [-0.05, 0) is 54.8 Å². The molecule has 1 saturated heterocycles. The Morgan fingerprint density at radius 3 is 2.22 bits per heavy atom. The highest BCUT2D eigenvalue weighted by Crippen LogP contribution is 2.37. The number of hydrogen-bond donors (Lipinski definition) is 0. The summed E-state index contributed by atoms with van der Waals surface area (Å²) in [6, 6.07) is 14.8. The van der Waals surface area contributed by atoms with Crippen LogP contribution in [0.1, 0.15) is 5.56 Å². The van der Waals surface area contributed by atoms with Gasteiger partial charge in [-0.1, -0.05) is 35.9 Å². The minimum absolute atomic E-state index is 0.320. The molecule has 7 heteroatoms. The van der Waals surface area contributed by atoms with Gasteiger partial charge in [0.1, 0.15) is 5.82 Å². The summed E-state index contributed by atoms with van der Waals surface area (Å²) in [5, 5.41) is 0.975. The van der Waals surface area contributed by atoms with Crippen LogP contribution < -0.4 is 4.90 Å². The van der Waals surface area contributed by atoms with E-state index in [9.17, 15) is 8.42 Å². The van der Waals surface area contributed by atoms with Gasteiger partial charge < -0.3 is 9.80 Å². The number of halogens is 1. The fourth-order valence-corrected chi connectivity index (χ4v) is 6.25. The minimum Gasteiger partial charge on any atom is -0.354 e. The maximum absolute atomic E-state index is 13.6. The Labute approximate surface area is 173 Å². The SMILES string of the molecule is Cc1ccc(S(=O)(=O)n2c(N3CCN(C)CC3)c(I)c3ccccc32)cc1. The van der Waals surface area contributed by atoms with Gasteiger partial charge in [-0.2, -0.15) is 0 Å². The quantitative estimate of drug-likeness (QED) is 0.522. The van der Waals surface area contributed by atoms with Gasteiger partial charge in [-0.25, -0.2) is 12.4 Å². The molecule has 5 nitrogen and oxygen atoms in total. The normalized spacial score (nSPS) is 16.2. The number of likely N-dealkylation sites (N-methyl/N-ethyl adjacent to an activating group) is 1. The van der Waals surface area contributed by atoms with E-state index < -0.39 is 10.0 Å². The van der Waals surface area contributed by atoms with Gasteiger partial charge in [0.2, 0.25) is 0 Å². The number of benzene rings is 2. The van der Waals surface area contributed by atoms with Crippen molar-refractivity contribution in [2.24, 2.45) is 0 Å². The highest BCUT2D eigenvalue weighted by molar-refractivity contribution is 14.1. The van der Waals surface area contributed by atoms with Gasteiger partial charge in [0.25, 0.3) is 10.0 Å². The molecular weight excluding hydrogens is 473 g/mol. The average molecular weight is 495 g/mol. The number of aromatic nitrogens is 1. The van der Waals surface area contributed by atoms with Crippen LogP contribution in [0.25, 0.3) is 10.9 Å². The Hall–Kier alpha value is -1.58. The van der Waals surface area contributed by atoms with Crippen LogP contribution in [0.5, 0.6) is 0 Å². The summed E-state index contributed by atoms with van der Waals surface area (Å²) >= 11 is 2.29. The highest BCUT2D eigenvalue weighted by atomic mass is 127. The summed E-state index contributed by atoms with van der Waals surface area (Å²) in [4.78, 5) is 4.79. The van der Waals surface area contributed by atoms with E-state index in [1.54, 1.807) is 16.1 Å². The molecular formula is C20H22IN3O2S. The summed E-state index contributed by atoms with van der Waals surface area (Å²) in [6.45, 7) is 5.42. The van der Waals surface area contributed by atoms with Gasteiger partial charge in [-0.3, -0.25) is 0 Å². The van der Waals surface area contributed by atoms with E-state index in [2.05, 4.69) is 39.4 Å². The first kappa shape index (κ1) is 18.8. The number of rotatable bonds is 3.